The van der Waals surface area contributed by atoms with Crippen LogP contribution in [-0.4, -0.2) is 46.4 Å². The van der Waals surface area contributed by atoms with E-state index in [4.69, 9.17) is 0 Å². The lowest BCUT2D eigenvalue weighted by Crippen LogP contribution is -2.33. The van der Waals surface area contributed by atoms with Crippen molar-refractivity contribution in [3.8, 4) is 11.3 Å². The van der Waals surface area contributed by atoms with Gasteiger partial charge in [-0.3, -0.25) is 20.9 Å². The number of carbonyl (C=O) groups is 1. The molecule has 1 fully saturated rings. The van der Waals surface area contributed by atoms with E-state index in [0.29, 0.717) is 23.8 Å². The molecule has 1 aliphatic rings. The summed E-state index contributed by atoms with van der Waals surface area (Å²) in [5.41, 5.74) is 8.44. The van der Waals surface area contributed by atoms with E-state index in [2.05, 4.69) is 35.1 Å². The Balaban J connectivity index is 1.52. The van der Waals surface area contributed by atoms with Crippen LogP contribution in [0, 0.1) is 5.92 Å². The summed E-state index contributed by atoms with van der Waals surface area (Å²) in [6, 6.07) is 12.7. The first-order valence-electron chi connectivity index (χ1n) is 9.58. The molecule has 7 nitrogen and oxygen atoms in total. The number of nitrogens with one attached hydrogen (secondary N) is 3. The first-order valence-corrected chi connectivity index (χ1v) is 9.58. The Labute approximate surface area is 161 Å². The smallest absolute Gasteiger partial charge is 0.322 e. The summed E-state index contributed by atoms with van der Waals surface area (Å²) in [7, 11) is 3.67. The van der Waals surface area contributed by atoms with Crippen molar-refractivity contribution >= 4 is 11.8 Å². The molecule has 0 aliphatic carbocycles. The molecule has 2 heterocycles. The van der Waals surface area contributed by atoms with Gasteiger partial charge in [0.25, 0.3) is 0 Å². The van der Waals surface area contributed by atoms with Crippen LogP contribution >= 0.6 is 0 Å². The molecule has 2 aromatic rings. The summed E-state index contributed by atoms with van der Waals surface area (Å²) in [5.74, 6) is 1.28. The molecule has 2 unspecified atom stereocenters. The minimum atomic E-state index is -0.110. The molecule has 2 atom stereocenters. The zero-order valence-corrected chi connectivity index (χ0v) is 16.6. The van der Waals surface area contributed by atoms with Gasteiger partial charge in [-0.15, -0.1) is 0 Å². The van der Waals surface area contributed by atoms with Crippen LogP contribution < -0.4 is 16.2 Å². The molecular formula is C20H30N6O. The van der Waals surface area contributed by atoms with Gasteiger partial charge in [0, 0.05) is 44.4 Å². The molecule has 1 saturated heterocycles. The van der Waals surface area contributed by atoms with Crippen molar-refractivity contribution < 1.29 is 4.79 Å². The molecule has 3 N–H and O–H groups in total. The number of urea groups is 1. The van der Waals surface area contributed by atoms with E-state index < -0.39 is 0 Å². The number of rotatable bonds is 6. The molecule has 146 valence electrons. The number of benzene rings is 1. The van der Waals surface area contributed by atoms with Crippen LogP contribution in [0.4, 0.5) is 10.6 Å². The van der Waals surface area contributed by atoms with Crippen LogP contribution in [-0.2, 0) is 7.05 Å². The summed E-state index contributed by atoms with van der Waals surface area (Å²) in [6.45, 7) is 5.12. The highest BCUT2D eigenvalue weighted by Crippen LogP contribution is 2.22. The van der Waals surface area contributed by atoms with Gasteiger partial charge in [-0.2, -0.15) is 5.10 Å². The highest BCUT2D eigenvalue weighted by atomic mass is 16.2. The molecule has 0 spiro atoms. The van der Waals surface area contributed by atoms with Crippen molar-refractivity contribution in [2.75, 3.05) is 18.9 Å². The van der Waals surface area contributed by atoms with E-state index >= 15 is 0 Å². The van der Waals surface area contributed by atoms with Crippen molar-refractivity contribution in [2.45, 2.75) is 38.8 Å². The normalized spacial score (nSPS) is 22.0. The summed E-state index contributed by atoms with van der Waals surface area (Å²) < 4.78 is 1.70. The van der Waals surface area contributed by atoms with Crippen LogP contribution in [0.2, 0.25) is 0 Å². The number of hydrogen-bond donors (Lipinski definition) is 3. The summed E-state index contributed by atoms with van der Waals surface area (Å²) in [6.07, 6.45) is 2.07. The number of anilines is 1. The standard InChI is InChI=1S/C20H30N6O/c1-14-17(15(2)23-22-14)11-8-12-25(3)20(27)21-19-13-18(24-26(19)4)16-9-6-5-7-10-16/h5-7,9-10,13-15,17,22-23H,8,11-12H2,1-4H3,(H,21,27). The fourth-order valence-electron chi connectivity index (χ4n) is 3.61. The van der Waals surface area contributed by atoms with Gasteiger partial charge >= 0.3 is 6.03 Å². The van der Waals surface area contributed by atoms with E-state index in [1.165, 1.54) is 0 Å². The van der Waals surface area contributed by atoms with Gasteiger partial charge in [0.05, 0.1) is 5.69 Å². The second kappa shape index (κ2) is 8.54. The fourth-order valence-corrected chi connectivity index (χ4v) is 3.61. The minimum Gasteiger partial charge on any atom is -0.328 e. The van der Waals surface area contributed by atoms with E-state index in [1.807, 2.05) is 50.5 Å². The largest absolute Gasteiger partial charge is 0.328 e. The van der Waals surface area contributed by atoms with Gasteiger partial charge in [-0.25, -0.2) is 4.79 Å². The number of aromatic nitrogens is 2. The lowest BCUT2D eigenvalue weighted by molar-refractivity contribution is 0.220. The van der Waals surface area contributed by atoms with E-state index in [1.54, 1.807) is 9.58 Å². The zero-order valence-electron chi connectivity index (χ0n) is 16.6. The van der Waals surface area contributed by atoms with Crippen LogP contribution in [0.5, 0.6) is 0 Å². The van der Waals surface area contributed by atoms with Gasteiger partial charge in [-0.05, 0) is 32.6 Å². The average Bonchev–Trinajstić information content (AvgIpc) is 3.19. The fraction of sp³-hybridized carbons (Fsp3) is 0.500. The Hall–Kier alpha value is -2.38. The quantitative estimate of drug-likeness (QED) is 0.731. The molecule has 0 bridgehead atoms. The Morgan fingerprint density at radius 3 is 2.56 bits per heavy atom. The maximum atomic E-state index is 12.5. The van der Waals surface area contributed by atoms with Crippen LogP contribution in [0.1, 0.15) is 26.7 Å². The first kappa shape index (κ1) is 19.4. The minimum absolute atomic E-state index is 0.110. The van der Waals surface area contributed by atoms with Gasteiger partial charge < -0.3 is 4.90 Å². The highest BCUT2D eigenvalue weighted by molar-refractivity contribution is 5.88. The van der Waals surface area contributed by atoms with Crippen LogP contribution in [0.3, 0.4) is 0 Å². The second-order valence-corrected chi connectivity index (χ2v) is 7.43. The maximum Gasteiger partial charge on any atom is 0.322 e. The van der Waals surface area contributed by atoms with Crippen molar-refractivity contribution in [2.24, 2.45) is 13.0 Å². The molecule has 1 aromatic carbocycles. The lowest BCUT2D eigenvalue weighted by atomic mass is 9.92. The second-order valence-electron chi connectivity index (χ2n) is 7.43. The third-order valence-corrected chi connectivity index (χ3v) is 5.39. The molecule has 0 radical (unpaired) electrons. The van der Waals surface area contributed by atoms with Crippen LogP contribution in [0.25, 0.3) is 11.3 Å². The van der Waals surface area contributed by atoms with Gasteiger partial charge in [0.15, 0.2) is 0 Å². The number of aryl methyl sites for hydroxylation is 1. The SMILES string of the molecule is CC1NNC(C)C1CCCN(C)C(=O)Nc1cc(-c2ccccc2)nn1C. The highest BCUT2D eigenvalue weighted by Gasteiger charge is 2.29. The van der Waals surface area contributed by atoms with Crippen molar-refractivity contribution in [1.29, 1.82) is 0 Å². The number of hydrogen-bond acceptors (Lipinski definition) is 4. The number of hydrazine groups is 1. The third kappa shape index (κ3) is 4.67. The number of nitrogens with zero attached hydrogens (tertiary/aromatic N) is 3. The van der Waals surface area contributed by atoms with E-state index in [-0.39, 0.29) is 6.03 Å². The average molecular weight is 371 g/mol. The van der Waals surface area contributed by atoms with E-state index in [9.17, 15) is 4.79 Å². The Bertz CT molecular complexity index is 749. The van der Waals surface area contributed by atoms with Gasteiger partial charge in [0.2, 0.25) is 0 Å². The first-order chi connectivity index (χ1) is 13.0. The Morgan fingerprint density at radius 1 is 1.22 bits per heavy atom. The molecule has 27 heavy (non-hydrogen) atoms. The number of amides is 2. The van der Waals surface area contributed by atoms with Gasteiger partial charge in [-0.1, -0.05) is 30.3 Å². The topological polar surface area (TPSA) is 74.2 Å². The third-order valence-electron chi connectivity index (χ3n) is 5.39. The Morgan fingerprint density at radius 2 is 1.89 bits per heavy atom. The molecular weight excluding hydrogens is 340 g/mol. The molecule has 7 heteroatoms. The molecule has 1 aliphatic heterocycles. The van der Waals surface area contributed by atoms with Crippen molar-refractivity contribution in [3.63, 3.8) is 0 Å². The monoisotopic (exact) mass is 370 g/mol. The molecule has 0 saturated carbocycles. The Kier molecular flexibility index (Phi) is 6.13. The van der Waals surface area contributed by atoms with E-state index in [0.717, 1.165) is 30.6 Å². The molecule has 3 rings (SSSR count). The van der Waals surface area contributed by atoms with Crippen molar-refractivity contribution in [1.82, 2.24) is 25.5 Å². The van der Waals surface area contributed by atoms with Crippen molar-refractivity contribution in [3.05, 3.63) is 36.4 Å². The summed E-state index contributed by atoms with van der Waals surface area (Å²) in [5, 5.41) is 7.45. The predicted octanol–water partition coefficient (Wildman–Crippen LogP) is 2.83. The van der Waals surface area contributed by atoms with Gasteiger partial charge in [0.1, 0.15) is 5.82 Å². The number of carbonyl (C=O) groups excluding carboxylic acids is 1. The predicted molar refractivity (Wildman–Crippen MR) is 108 cm³/mol. The molecule has 2 amide bonds. The zero-order chi connectivity index (χ0) is 19.4. The maximum absolute atomic E-state index is 12.5. The van der Waals surface area contributed by atoms with Crippen LogP contribution in [0.15, 0.2) is 36.4 Å². The molecule has 1 aromatic heterocycles. The summed E-state index contributed by atoms with van der Waals surface area (Å²) >= 11 is 0. The summed E-state index contributed by atoms with van der Waals surface area (Å²) in [4.78, 5) is 14.3. The lowest BCUT2D eigenvalue weighted by Gasteiger charge is -2.21.